The minimum Gasteiger partial charge on any atom is -0.502 e. The van der Waals surface area contributed by atoms with Crippen molar-refractivity contribution in [1.82, 2.24) is 10.2 Å². The van der Waals surface area contributed by atoms with Crippen molar-refractivity contribution in [2.24, 2.45) is 5.92 Å². The third-order valence-electron chi connectivity index (χ3n) is 5.53. The molecule has 0 aromatic heterocycles. The quantitative estimate of drug-likeness (QED) is 0.654. The van der Waals surface area contributed by atoms with E-state index in [0.29, 0.717) is 11.5 Å². The molecule has 24 heavy (non-hydrogen) atoms. The molecular formula is C18H27N3O3. The number of hydrogen-bond donors (Lipinski definition) is 2. The summed E-state index contributed by atoms with van der Waals surface area (Å²) in [6, 6.07) is 3.76. The Morgan fingerprint density at radius 1 is 1.25 bits per heavy atom. The van der Waals surface area contributed by atoms with E-state index < -0.39 is 4.92 Å². The zero-order valence-corrected chi connectivity index (χ0v) is 14.3. The Morgan fingerprint density at radius 3 is 2.54 bits per heavy atom. The molecule has 1 aromatic carbocycles. The summed E-state index contributed by atoms with van der Waals surface area (Å²) in [5, 5.41) is 25.4. The summed E-state index contributed by atoms with van der Waals surface area (Å²) in [6.07, 6.45) is 5.96. The lowest BCUT2D eigenvalue weighted by molar-refractivity contribution is -0.386. The summed E-state index contributed by atoms with van der Waals surface area (Å²) in [5.41, 5.74) is 1.12. The van der Waals surface area contributed by atoms with Crippen LogP contribution in [0, 0.1) is 23.0 Å². The van der Waals surface area contributed by atoms with Crippen molar-refractivity contribution in [3.63, 3.8) is 0 Å². The van der Waals surface area contributed by atoms with Gasteiger partial charge in [-0.1, -0.05) is 31.4 Å². The second-order valence-corrected chi connectivity index (χ2v) is 7.05. The average Bonchev–Trinajstić information content (AvgIpc) is 2.59. The Morgan fingerprint density at radius 2 is 1.92 bits per heavy atom. The number of piperazine rings is 1. The molecule has 1 saturated carbocycles. The number of nitro groups is 1. The molecule has 1 aliphatic carbocycles. The van der Waals surface area contributed by atoms with Crippen LogP contribution < -0.4 is 5.32 Å². The zero-order chi connectivity index (χ0) is 17.1. The summed E-state index contributed by atoms with van der Waals surface area (Å²) in [5.74, 6) is 0.333. The number of benzene rings is 1. The van der Waals surface area contributed by atoms with Gasteiger partial charge in [-0.2, -0.15) is 0 Å². The van der Waals surface area contributed by atoms with Gasteiger partial charge in [-0.15, -0.1) is 0 Å². The normalized spacial score (nSPS) is 21.5. The highest BCUT2D eigenvalue weighted by Crippen LogP contribution is 2.45. The molecule has 0 amide bonds. The van der Waals surface area contributed by atoms with Crippen molar-refractivity contribution in [3.05, 3.63) is 33.4 Å². The van der Waals surface area contributed by atoms with Gasteiger partial charge in [0, 0.05) is 43.3 Å². The second kappa shape index (κ2) is 7.49. The molecule has 1 saturated heterocycles. The number of aromatic hydroxyl groups is 1. The van der Waals surface area contributed by atoms with E-state index >= 15 is 0 Å². The first-order valence-electron chi connectivity index (χ1n) is 9.01. The van der Waals surface area contributed by atoms with E-state index in [0.717, 1.165) is 44.6 Å². The third-order valence-corrected chi connectivity index (χ3v) is 5.53. The van der Waals surface area contributed by atoms with Crippen LogP contribution in [0.3, 0.4) is 0 Å². The van der Waals surface area contributed by atoms with Gasteiger partial charge in [-0.05, 0) is 25.7 Å². The number of hydrogen-bond acceptors (Lipinski definition) is 5. The van der Waals surface area contributed by atoms with Crippen molar-refractivity contribution in [2.75, 3.05) is 26.2 Å². The molecule has 3 rings (SSSR count). The molecule has 6 heteroatoms. The molecule has 2 N–H and O–H groups in total. The number of phenols is 1. The van der Waals surface area contributed by atoms with Crippen molar-refractivity contribution >= 4 is 5.69 Å². The van der Waals surface area contributed by atoms with Crippen LogP contribution in [-0.4, -0.2) is 41.1 Å². The monoisotopic (exact) mass is 333 g/mol. The van der Waals surface area contributed by atoms with Gasteiger partial charge >= 0.3 is 5.69 Å². The van der Waals surface area contributed by atoms with E-state index in [1.807, 2.05) is 6.07 Å². The van der Waals surface area contributed by atoms with Crippen molar-refractivity contribution in [2.45, 2.75) is 45.1 Å². The fourth-order valence-corrected chi connectivity index (χ4v) is 4.32. The average molecular weight is 333 g/mol. The SMILES string of the molecule is Cc1ccc([C@H](C2CCCCC2)N2CCNCC2)c(O)c1[N+](=O)[O-]. The fourth-order valence-electron chi connectivity index (χ4n) is 4.32. The van der Waals surface area contributed by atoms with Gasteiger partial charge in [-0.3, -0.25) is 15.0 Å². The zero-order valence-electron chi connectivity index (χ0n) is 14.3. The first kappa shape index (κ1) is 17.2. The van der Waals surface area contributed by atoms with Crippen molar-refractivity contribution < 1.29 is 10.0 Å². The highest BCUT2D eigenvalue weighted by molar-refractivity contribution is 5.57. The minimum atomic E-state index is -0.455. The van der Waals surface area contributed by atoms with Crippen LogP contribution in [-0.2, 0) is 0 Å². The molecule has 0 unspecified atom stereocenters. The Labute approximate surface area is 143 Å². The Bertz CT molecular complexity index is 575. The maximum absolute atomic E-state index is 11.4. The molecule has 132 valence electrons. The lowest BCUT2D eigenvalue weighted by Gasteiger charge is -2.41. The van der Waals surface area contributed by atoms with Crippen LogP contribution in [0.25, 0.3) is 0 Å². The number of aryl methyl sites for hydroxylation is 1. The van der Waals surface area contributed by atoms with Crippen LogP contribution >= 0.6 is 0 Å². The topological polar surface area (TPSA) is 78.6 Å². The maximum atomic E-state index is 11.4. The molecule has 1 aromatic rings. The van der Waals surface area contributed by atoms with E-state index in [9.17, 15) is 15.2 Å². The number of nitrogens with one attached hydrogen (secondary N) is 1. The van der Waals surface area contributed by atoms with Gasteiger partial charge in [-0.25, -0.2) is 0 Å². The molecular weight excluding hydrogens is 306 g/mol. The molecule has 1 heterocycles. The summed E-state index contributed by atoms with van der Waals surface area (Å²) in [7, 11) is 0. The molecule has 0 bridgehead atoms. The summed E-state index contributed by atoms with van der Waals surface area (Å²) >= 11 is 0. The van der Waals surface area contributed by atoms with Crippen molar-refractivity contribution in [3.8, 4) is 5.75 Å². The smallest absolute Gasteiger partial charge is 0.313 e. The molecule has 2 fully saturated rings. The number of phenolic OH excluding ortho intramolecular Hbond substituents is 1. The predicted molar refractivity (Wildman–Crippen MR) is 93.3 cm³/mol. The fraction of sp³-hybridized carbons (Fsp3) is 0.667. The van der Waals surface area contributed by atoms with Gasteiger partial charge < -0.3 is 10.4 Å². The first-order chi connectivity index (χ1) is 11.6. The van der Waals surface area contributed by atoms with Crippen LogP contribution in [0.1, 0.15) is 49.3 Å². The van der Waals surface area contributed by atoms with E-state index in [4.69, 9.17) is 0 Å². The van der Waals surface area contributed by atoms with Gasteiger partial charge in [0.05, 0.1) is 4.92 Å². The number of rotatable bonds is 4. The first-order valence-corrected chi connectivity index (χ1v) is 9.01. The van der Waals surface area contributed by atoms with Gasteiger partial charge in [0.2, 0.25) is 0 Å². The van der Waals surface area contributed by atoms with Gasteiger partial charge in [0.15, 0.2) is 5.75 Å². The van der Waals surface area contributed by atoms with Gasteiger partial charge in [0.1, 0.15) is 0 Å². The van der Waals surface area contributed by atoms with Crippen molar-refractivity contribution in [1.29, 1.82) is 0 Å². The number of nitrogens with zero attached hydrogens (tertiary/aromatic N) is 2. The van der Waals surface area contributed by atoms with E-state index in [-0.39, 0.29) is 17.5 Å². The van der Waals surface area contributed by atoms with E-state index in [1.165, 1.54) is 19.3 Å². The number of nitro benzene ring substituents is 1. The van der Waals surface area contributed by atoms with E-state index in [2.05, 4.69) is 10.2 Å². The largest absolute Gasteiger partial charge is 0.502 e. The minimum absolute atomic E-state index is 0.0756. The van der Waals surface area contributed by atoms with Gasteiger partial charge in [0.25, 0.3) is 0 Å². The van der Waals surface area contributed by atoms with Crippen LogP contribution in [0.2, 0.25) is 0 Å². The molecule has 6 nitrogen and oxygen atoms in total. The highest BCUT2D eigenvalue weighted by Gasteiger charge is 2.35. The molecule has 0 spiro atoms. The van der Waals surface area contributed by atoms with E-state index in [1.54, 1.807) is 13.0 Å². The molecule has 1 atom stereocenters. The summed E-state index contributed by atoms with van der Waals surface area (Å²) in [6.45, 7) is 5.38. The maximum Gasteiger partial charge on any atom is 0.313 e. The standard InChI is InChI=1S/C18H27N3O3/c1-13-7-8-15(18(22)16(13)21(23)24)17(14-5-3-2-4-6-14)20-11-9-19-10-12-20/h7-8,14,17,19,22H,2-6,9-12H2,1H3/t17-/m0/s1. The highest BCUT2D eigenvalue weighted by atomic mass is 16.6. The Kier molecular flexibility index (Phi) is 5.36. The predicted octanol–water partition coefficient (Wildman–Crippen LogP) is 3.14. The molecule has 1 aliphatic heterocycles. The lowest BCUT2D eigenvalue weighted by Crippen LogP contribution is -2.47. The van der Waals surface area contributed by atoms with Crippen LogP contribution in [0.4, 0.5) is 5.69 Å². The second-order valence-electron chi connectivity index (χ2n) is 7.05. The molecule has 0 radical (unpaired) electrons. The van der Waals surface area contributed by atoms with Crippen LogP contribution in [0.5, 0.6) is 5.75 Å². The Balaban J connectivity index is 2.01. The lowest BCUT2D eigenvalue weighted by atomic mass is 9.79. The summed E-state index contributed by atoms with van der Waals surface area (Å²) in [4.78, 5) is 13.3. The third kappa shape index (κ3) is 3.39. The molecule has 2 aliphatic rings. The van der Waals surface area contributed by atoms with Crippen LogP contribution in [0.15, 0.2) is 12.1 Å². The Hall–Kier alpha value is -1.66. The summed E-state index contributed by atoms with van der Waals surface area (Å²) < 4.78 is 0.